The van der Waals surface area contributed by atoms with Crippen LogP contribution in [-0.4, -0.2) is 9.97 Å². The Hall–Kier alpha value is -1.09. The number of aromatic nitrogens is 2. The molecule has 0 amide bonds. The van der Waals surface area contributed by atoms with E-state index in [0.29, 0.717) is 0 Å². The third-order valence-corrected chi connectivity index (χ3v) is 2.56. The van der Waals surface area contributed by atoms with Gasteiger partial charge in [0.2, 0.25) is 0 Å². The van der Waals surface area contributed by atoms with Crippen molar-refractivity contribution < 1.29 is 0 Å². The molecule has 0 spiro atoms. The molecule has 0 radical (unpaired) electrons. The first-order valence-corrected chi connectivity index (χ1v) is 5.25. The van der Waals surface area contributed by atoms with Gasteiger partial charge in [-0.1, -0.05) is 29.8 Å². The molecule has 3 heteroatoms. The topological polar surface area (TPSA) is 28.7 Å². The summed E-state index contributed by atoms with van der Waals surface area (Å²) in [5.41, 5.74) is 4.51. The van der Waals surface area contributed by atoms with Crippen molar-refractivity contribution in [3.05, 3.63) is 40.3 Å². The molecular formula is C11H11BrN2. The van der Waals surface area contributed by atoms with Gasteiger partial charge in [0.25, 0.3) is 0 Å². The minimum absolute atomic E-state index is 0.783. The Labute approximate surface area is 91.5 Å². The van der Waals surface area contributed by atoms with Crippen molar-refractivity contribution in [3.63, 3.8) is 0 Å². The number of hydrogen-bond donors (Lipinski definition) is 1. The molecule has 2 rings (SSSR count). The van der Waals surface area contributed by atoms with Crippen LogP contribution < -0.4 is 0 Å². The zero-order valence-electron chi connectivity index (χ0n) is 8.13. The van der Waals surface area contributed by atoms with Gasteiger partial charge in [-0.3, -0.25) is 0 Å². The molecule has 1 N–H and O–H groups in total. The van der Waals surface area contributed by atoms with Crippen LogP contribution in [-0.2, 0) is 0 Å². The molecule has 0 bridgehead atoms. The number of rotatable bonds is 1. The van der Waals surface area contributed by atoms with E-state index < -0.39 is 0 Å². The number of H-pyrrole nitrogens is 1. The number of imidazole rings is 1. The van der Waals surface area contributed by atoms with Gasteiger partial charge in [0, 0.05) is 11.3 Å². The lowest BCUT2D eigenvalue weighted by Gasteiger charge is -1.98. The fourth-order valence-corrected chi connectivity index (χ4v) is 1.89. The van der Waals surface area contributed by atoms with Gasteiger partial charge >= 0.3 is 0 Å². The van der Waals surface area contributed by atoms with Crippen LogP contribution in [0.3, 0.4) is 0 Å². The lowest BCUT2D eigenvalue weighted by Crippen LogP contribution is -1.81. The third-order valence-electron chi connectivity index (χ3n) is 2.18. The second-order valence-electron chi connectivity index (χ2n) is 3.37. The van der Waals surface area contributed by atoms with E-state index in [0.717, 1.165) is 21.7 Å². The highest BCUT2D eigenvalue weighted by atomic mass is 79.9. The van der Waals surface area contributed by atoms with Crippen molar-refractivity contribution in [2.75, 3.05) is 0 Å². The molecule has 0 saturated carbocycles. The van der Waals surface area contributed by atoms with Crippen molar-refractivity contribution in [3.8, 4) is 11.3 Å². The molecule has 0 aliphatic rings. The average molecular weight is 251 g/mol. The van der Waals surface area contributed by atoms with Gasteiger partial charge in [-0.25, -0.2) is 4.98 Å². The molecule has 0 aliphatic heterocycles. The molecule has 0 unspecified atom stereocenters. The van der Waals surface area contributed by atoms with Crippen molar-refractivity contribution >= 4 is 15.9 Å². The van der Waals surface area contributed by atoms with Gasteiger partial charge in [-0.15, -0.1) is 0 Å². The molecule has 1 aromatic carbocycles. The van der Waals surface area contributed by atoms with Gasteiger partial charge in [-0.05, 0) is 29.8 Å². The summed E-state index contributed by atoms with van der Waals surface area (Å²) < 4.78 is 0.783. The first-order valence-electron chi connectivity index (χ1n) is 4.46. The molecular weight excluding hydrogens is 240 g/mol. The number of hydrogen-bond acceptors (Lipinski definition) is 1. The summed E-state index contributed by atoms with van der Waals surface area (Å²) in [7, 11) is 0. The maximum Gasteiger partial charge on any atom is 0.175 e. The van der Waals surface area contributed by atoms with Crippen molar-refractivity contribution in [2.24, 2.45) is 0 Å². The standard InChI is InChI=1S/C11H11BrN2/c1-7-3-5-9(6-4-7)10-8(2)13-11(12)14-10/h3-6H,1-2H3,(H,13,14). The van der Waals surface area contributed by atoms with Crippen LogP contribution in [0.5, 0.6) is 0 Å². The number of nitrogens with zero attached hydrogens (tertiary/aromatic N) is 1. The summed E-state index contributed by atoms with van der Waals surface area (Å²) in [5.74, 6) is 0. The van der Waals surface area contributed by atoms with E-state index >= 15 is 0 Å². The first-order chi connectivity index (χ1) is 6.66. The second-order valence-corrected chi connectivity index (χ2v) is 4.12. The predicted octanol–water partition coefficient (Wildman–Crippen LogP) is 3.46. The summed E-state index contributed by atoms with van der Waals surface area (Å²) in [6.45, 7) is 4.10. The summed E-state index contributed by atoms with van der Waals surface area (Å²) in [4.78, 5) is 7.50. The van der Waals surface area contributed by atoms with Crippen LogP contribution in [0.25, 0.3) is 11.3 Å². The molecule has 0 aliphatic carbocycles. The smallest absolute Gasteiger partial charge is 0.175 e. The Bertz CT molecular complexity index is 443. The molecule has 2 aromatic rings. The lowest BCUT2D eigenvalue weighted by molar-refractivity contribution is 1.20. The quantitative estimate of drug-likeness (QED) is 0.826. The van der Waals surface area contributed by atoms with E-state index in [-0.39, 0.29) is 0 Å². The second kappa shape index (κ2) is 3.58. The van der Waals surface area contributed by atoms with Crippen LogP contribution in [0.4, 0.5) is 0 Å². The van der Waals surface area contributed by atoms with Gasteiger partial charge < -0.3 is 4.98 Å². The van der Waals surface area contributed by atoms with E-state index in [1.165, 1.54) is 5.56 Å². The maximum absolute atomic E-state index is 4.37. The normalized spacial score (nSPS) is 10.5. The lowest BCUT2D eigenvalue weighted by atomic mass is 10.1. The van der Waals surface area contributed by atoms with Gasteiger partial charge in [-0.2, -0.15) is 0 Å². The zero-order valence-corrected chi connectivity index (χ0v) is 9.72. The minimum atomic E-state index is 0.783. The monoisotopic (exact) mass is 250 g/mol. The van der Waals surface area contributed by atoms with Crippen LogP contribution in [0.15, 0.2) is 29.0 Å². The zero-order chi connectivity index (χ0) is 10.1. The van der Waals surface area contributed by atoms with Crippen LogP contribution in [0, 0.1) is 13.8 Å². The molecule has 0 saturated heterocycles. The Balaban J connectivity index is 2.49. The number of aryl methyl sites for hydroxylation is 2. The van der Waals surface area contributed by atoms with Gasteiger partial charge in [0.15, 0.2) is 4.73 Å². The van der Waals surface area contributed by atoms with Crippen LogP contribution in [0.1, 0.15) is 11.3 Å². The number of halogens is 1. The minimum Gasteiger partial charge on any atom is -0.336 e. The fourth-order valence-electron chi connectivity index (χ4n) is 1.42. The average Bonchev–Trinajstić information content (AvgIpc) is 2.47. The predicted molar refractivity (Wildman–Crippen MR) is 61.2 cm³/mol. The number of nitrogens with one attached hydrogen (secondary N) is 1. The first kappa shape index (κ1) is 9.46. The SMILES string of the molecule is Cc1ccc(-c2nc(Br)[nH]c2C)cc1. The summed E-state index contributed by atoms with van der Waals surface area (Å²) in [6.07, 6.45) is 0. The van der Waals surface area contributed by atoms with E-state index in [1.54, 1.807) is 0 Å². The van der Waals surface area contributed by atoms with Gasteiger partial charge in [0.1, 0.15) is 0 Å². The van der Waals surface area contributed by atoms with Gasteiger partial charge in [0.05, 0.1) is 5.69 Å². The molecule has 2 nitrogen and oxygen atoms in total. The summed E-state index contributed by atoms with van der Waals surface area (Å²) >= 11 is 3.33. The Morgan fingerprint density at radius 2 is 1.79 bits per heavy atom. The highest BCUT2D eigenvalue weighted by Crippen LogP contribution is 2.22. The van der Waals surface area contributed by atoms with E-state index in [1.807, 2.05) is 6.92 Å². The van der Waals surface area contributed by atoms with E-state index in [9.17, 15) is 0 Å². The van der Waals surface area contributed by atoms with Crippen molar-refractivity contribution in [1.82, 2.24) is 9.97 Å². The Morgan fingerprint density at radius 1 is 1.14 bits per heavy atom. The largest absolute Gasteiger partial charge is 0.336 e. The molecule has 72 valence electrons. The molecule has 0 fully saturated rings. The highest BCUT2D eigenvalue weighted by molar-refractivity contribution is 9.10. The highest BCUT2D eigenvalue weighted by Gasteiger charge is 2.06. The fraction of sp³-hybridized carbons (Fsp3) is 0.182. The molecule has 1 aromatic heterocycles. The number of benzene rings is 1. The Morgan fingerprint density at radius 3 is 2.29 bits per heavy atom. The third kappa shape index (κ3) is 1.73. The molecule has 14 heavy (non-hydrogen) atoms. The van der Waals surface area contributed by atoms with E-state index in [2.05, 4.69) is 57.1 Å². The molecule has 0 atom stereocenters. The summed E-state index contributed by atoms with van der Waals surface area (Å²) in [6, 6.07) is 8.37. The van der Waals surface area contributed by atoms with Crippen LogP contribution >= 0.6 is 15.9 Å². The van der Waals surface area contributed by atoms with Crippen LogP contribution in [0.2, 0.25) is 0 Å². The number of aromatic amines is 1. The Kier molecular flexibility index (Phi) is 2.42. The van der Waals surface area contributed by atoms with Crippen molar-refractivity contribution in [1.29, 1.82) is 0 Å². The summed E-state index contributed by atoms with van der Waals surface area (Å²) in [5, 5.41) is 0. The van der Waals surface area contributed by atoms with E-state index in [4.69, 9.17) is 0 Å². The molecule has 1 heterocycles. The van der Waals surface area contributed by atoms with Crippen molar-refractivity contribution in [2.45, 2.75) is 13.8 Å². The maximum atomic E-state index is 4.37.